The number of hydrogen-bond acceptors (Lipinski definition) is 4. The molecule has 1 heterocycles. The van der Waals surface area contributed by atoms with Crippen LogP contribution in [0.4, 0.5) is 0 Å². The summed E-state index contributed by atoms with van der Waals surface area (Å²) in [6.07, 6.45) is 6.54. The molecule has 28 heavy (non-hydrogen) atoms. The zero-order valence-corrected chi connectivity index (χ0v) is 17.0. The third kappa shape index (κ3) is 6.36. The van der Waals surface area contributed by atoms with E-state index >= 15 is 0 Å². The molecule has 1 aromatic carbocycles. The van der Waals surface area contributed by atoms with Gasteiger partial charge in [-0.2, -0.15) is 0 Å². The van der Waals surface area contributed by atoms with E-state index in [2.05, 4.69) is 23.2 Å². The van der Waals surface area contributed by atoms with Gasteiger partial charge >= 0.3 is 5.97 Å². The number of aromatic carboxylic acids is 1. The van der Waals surface area contributed by atoms with Gasteiger partial charge in [-0.1, -0.05) is 54.2 Å². The first-order valence-corrected chi connectivity index (χ1v) is 9.64. The molecule has 1 N–H and O–H groups in total. The summed E-state index contributed by atoms with van der Waals surface area (Å²) in [6, 6.07) is 6.76. The molecule has 2 rings (SSSR count). The summed E-state index contributed by atoms with van der Waals surface area (Å²) in [5.74, 6) is -0.441. The SMILES string of the molecule is C=C/C=C(/CN1CCC(C/C(=N\OC)c2ccc(C(=O)O)cc2)CC1)C(=C)Cl. The summed E-state index contributed by atoms with van der Waals surface area (Å²) in [5, 5.41) is 13.8. The van der Waals surface area contributed by atoms with E-state index in [1.165, 1.54) is 7.11 Å². The molecule has 150 valence electrons. The van der Waals surface area contributed by atoms with Crippen molar-refractivity contribution in [3.05, 3.63) is 71.3 Å². The predicted molar refractivity (Wildman–Crippen MR) is 114 cm³/mol. The topological polar surface area (TPSA) is 62.1 Å². The maximum absolute atomic E-state index is 11.0. The third-order valence-electron chi connectivity index (χ3n) is 4.92. The van der Waals surface area contributed by atoms with Crippen molar-refractivity contribution in [1.82, 2.24) is 4.90 Å². The molecule has 1 saturated heterocycles. The molecule has 0 bridgehead atoms. The second-order valence-corrected chi connectivity index (χ2v) is 7.32. The fourth-order valence-corrected chi connectivity index (χ4v) is 3.48. The summed E-state index contributed by atoms with van der Waals surface area (Å²) in [4.78, 5) is 18.4. The highest BCUT2D eigenvalue weighted by atomic mass is 35.5. The van der Waals surface area contributed by atoms with Gasteiger partial charge in [-0.3, -0.25) is 4.90 Å². The first-order valence-electron chi connectivity index (χ1n) is 9.27. The molecule has 0 aromatic heterocycles. The van der Waals surface area contributed by atoms with Crippen molar-refractivity contribution in [1.29, 1.82) is 0 Å². The predicted octanol–water partition coefficient (Wildman–Crippen LogP) is 4.70. The van der Waals surface area contributed by atoms with Crippen LogP contribution in [0.15, 0.2) is 65.3 Å². The number of hydrogen-bond donors (Lipinski definition) is 1. The van der Waals surface area contributed by atoms with Crippen LogP contribution in [0.1, 0.15) is 35.2 Å². The van der Waals surface area contributed by atoms with Gasteiger partial charge in [0.25, 0.3) is 0 Å². The van der Waals surface area contributed by atoms with Crippen LogP contribution in [0.3, 0.4) is 0 Å². The summed E-state index contributed by atoms with van der Waals surface area (Å²) >= 11 is 6.07. The highest BCUT2D eigenvalue weighted by Gasteiger charge is 2.22. The number of likely N-dealkylation sites (tertiary alicyclic amines) is 1. The van der Waals surface area contributed by atoms with Crippen LogP contribution in [-0.2, 0) is 4.84 Å². The van der Waals surface area contributed by atoms with E-state index in [4.69, 9.17) is 21.5 Å². The Labute approximate surface area is 171 Å². The minimum absolute atomic E-state index is 0.262. The summed E-state index contributed by atoms with van der Waals surface area (Å²) < 4.78 is 0. The molecule has 1 aliphatic heterocycles. The van der Waals surface area contributed by atoms with Crippen LogP contribution in [0.2, 0.25) is 0 Å². The smallest absolute Gasteiger partial charge is 0.335 e. The molecule has 0 radical (unpaired) electrons. The Balaban J connectivity index is 1.96. The van der Waals surface area contributed by atoms with Crippen molar-refractivity contribution < 1.29 is 14.7 Å². The number of allylic oxidation sites excluding steroid dienone is 2. The Morgan fingerprint density at radius 2 is 1.93 bits per heavy atom. The lowest BCUT2D eigenvalue weighted by atomic mass is 9.89. The lowest BCUT2D eigenvalue weighted by molar-refractivity contribution is 0.0697. The Hall–Kier alpha value is -2.37. The molecule has 5 nitrogen and oxygen atoms in total. The van der Waals surface area contributed by atoms with Gasteiger partial charge in [-0.15, -0.1) is 0 Å². The van der Waals surface area contributed by atoms with Crippen molar-refractivity contribution in [3.63, 3.8) is 0 Å². The number of carboxylic acid groups (broad SMARTS) is 1. The highest BCUT2D eigenvalue weighted by Crippen LogP contribution is 2.25. The van der Waals surface area contributed by atoms with Crippen molar-refractivity contribution in [2.24, 2.45) is 11.1 Å². The Morgan fingerprint density at radius 1 is 1.32 bits per heavy atom. The molecule has 0 aliphatic carbocycles. The van der Waals surface area contributed by atoms with E-state index in [0.717, 1.165) is 55.7 Å². The monoisotopic (exact) mass is 402 g/mol. The van der Waals surface area contributed by atoms with Crippen molar-refractivity contribution in [2.45, 2.75) is 19.3 Å². The number of piperidine rings is 1. The van der Waals surface area contributed by atoms with Gasteiger partial charge in [-0.25, -0.2) is 4.79 Å². The van der Waals surface area contributed by atoms with E-state index in [0.29, 0.717) is 11.0 Å². The van der Waals surface area contributed by atoms with Gasteiger partial charge in [0.05, 0.1) is 11.3 Å². The van der Waals surface area contributed by atoms with Gasteiger partial charge in [0.2, 0.25) is 0 Å². The van der Waals surface area contributed by atoms with Gasteiger partial charge in [0.1, 0.15) is 7.11 Å². The third-order valence-corrected chi connectivity index (χ3v) is 5.16. The van der Waals surface area contributed by atoms with Crippen LogP contribution in [0.5, 0.6) is 0 Å². The van der Waals surface area contributed by atoms with Crippen LogP contribution in [0.25, 0.3) is 0 Å². The molecule has 1 fully saturated rings. The second kappa shape index (κ2) is 10.8. The average Bonchev–Trinajstić information content (AvgIpc) is 2.68. The number of rotatable bonds is 9. The quantitative estimate of drug-likeness (QED) is 0.369. The lowest BCUT2D eigenvalue weighted by Crippen LogP contribution is -2.35. The minimum Gasteiger partial charge on any atom is -0.478 e. The van der Waals surface area contributed by atoms with Crippen LogP contribution in [0, 0.1) is 5.92 Å². The Kier molecular flexibility index (Phi) is 8.48. The maximum atomic E-state index is 11.0. The van der Waals surface area contributed by atoms with Crippen molar-refractivity contribution >= 4 is 23.3 Å². The first kappa shape index (κ1) is 21.9. The molecule has 1 aromatic rings. The number of oxime groups is 1. The molecule has 0 saturated carbocycles. The maximum Gasteiger partial charge on any atom is 0.335 e. The number of carbonyl (C=O) groups is 1. The molecular formula is C22H27ClN2O3. The lowest BCUT2D eigenvalue weighted by Gasteiger charge is -2.32. The molecule has 1 aliphatic rings. The van der Waals surface area contributed by atoms with E-state index < -0.39 is 5.97 Å². The highest BCUT2D eigenvalue weighted by molar-refractivity contribution is 6.31. The standard InChI is InChI=1S/C22H27ClN2O3/c1-4-5-20(16(2)23)15-25-12-10-17(11-13-25)14-21(24-28-3)18-6-8-19(9-7-18)22(26)27/h4-9,17H,1-2,10-15H2,3H3,(H,26,27)/b20-5-,24-21+. The van der Waals surface area contributed by atoms with Crippen molar-refractivity contribution in [2.75, 3.05) is 26.7 Å². The average molecular weight is 403 g/mol. The van der Waals surface area contributed by atoms with Crippen LogP contribution in [-0.4, -0.2) is 48.4 Å². The number of halogens is 1. The second-order valence-electron chi connectivity index (χ2n) is 6.86. The fraction of sp³-hybridized carbons (Fsp3) is 0.364. The van der Waals surface area contributed by atoms with E-state index in [1.807, 2.05) is 6.08 Å². The zero-order chi connectivity index (χ0) is 20.5. The summed E-state index contributed by atoms with van der Waals surface area (Å²) in [7, 11) is 1.53. The van der Waals surface area contributed by atoms with Gasteiger partial charge in [0.15, 0.2) is 0 Å². The van der Waals surface area contributed by atoms with E-state index in [9.17, 15) is 4.79 Å². The molecule has 0 unspecified atom stereocenters. The Morgan fingerprint density at radius 3 is 2.43 bits per heavy atom. The molecule has 0 amide bonds. The molecule has 0 atom stereocenters. The molecule has 0 spiro atoms. The Bertz CT molecular complexity index is 760. The van der Waals surface area contributed by atoms with Gasteiger partial charge < -0.3 is 9.94 Å². The van der Waals surface area contributed by atoms with E-state index in [1.54, 1.807) is 30.3 Å². The number of benzene rings is 1. The fourth-order valence-electron chi connectivity index (χ4n) is 3.36. The zero-order valence-electron chi connectivity index (χ0n) is 16.2. The van der Waals surface area contributed by atoms with Crippen molar-refractivity contribution in [3.8, 4) is 0 Å². The van der Waals surface area contributed by atoms with E-state index in [-0.39, 0.29) is 5.56 Å². The largest absolute Gasteiger partial charge is 0.478 e. The number of nitrogens with zero attached hydrogens (tertiary/aromatic N) is 2. The summed E-state index contributed by atoms with van der Waals surface area (Å²) in [5.41, 5.74) is 3.00. The number of carboxylic acids is 1. The normalized spacial score (nSPS) is 16.6. The summed E-state index contributed by atoms with van der Waals surface area (Å²) in [6.45, 7) is 10.3. The van der Waals surface area contributed by atoms with Crippen LogP contribution < -0.4 is 0 Å². The van der Waals surface area contributed by atoms with Gasteiger partial charge in [-0.05, 0) is 61.5 Å². The molecule has 6 heteroatoms. The first-order chi connectivity index (χ1) is 13.4. The van der Waals surface area contributed by atoms with Crippen LogP contribution >= 0.6 is 11.6 Å². The molecular weight excluding hydrogens is 376 g/mol. The minimum atomic E-state index is -0.936. The van der Waals surface area contributed by atoms with Gasteiger partial charge in [0, 0.05) is 11.6 Å².